The molecule has 0 bridgehead atoms. The number of fused-ring (bicyclic) bond motifs is 1. The average Bonchev–Trinajstić information content (AvgIpc) is 2.54. The standard InChI is InChI=1S/C19H28N2/c1-3-16(2)13-20-11-6-9-19(15-20)21-12-10-17-7-4-5-8-18(17)14-21/h3-5,7-8,19H,6,9-15H2,1-2H3/b16-3+/t19-/m0/s1. The lowest BCUT2D eigenvalue weighted by atomic mass is 9.96. The number of hydrogen-bond donors (Lipinski definition) is 0. The Morgan fingerprint density at radius 3 is 2.86 bits per heavy atom. The van der Waals surface area contributed by atoms with Crippen LogP contribution in [0.3, 0.4) is 0 Å². The molecule has 1 saturated heterocycles. The maximum absolute atomic E-state index is 2.72. The minimum atomic E-state index is 0.747. The van der Waals surface area contributed by atoms with Crippen LogP contribution in [-0.2, 0) is 13.0 Å². The summed E-state index contributed by atoms with van der Waals surface area (Å²) in [6.45, 7) is 10.4. The first-order valence-corrected chi connectivity index (χ1v) is 8.41. The average molecular weight is 284 g/mol. The van der Waals surface area contributed by atoms with E-state index in [4.69, 9.17) is 0 Å². The molecule has 2 nitrogen and oxygen atoms in total. The molecule has 1 aromatic rings. The van der Waals surface area contributed by atoms with E-state index >= 15 is 0 Å². The molecule has 0 amide bonds. The van der Waals surface area contributed by atoms with E-state index in [0.29, 0.717) is 0 Å². The lowest BCUT2D eigenvalue weighted by Crippen LogP contribution is -2.49. The molecule has 0 N–H and O–H groups in total. The van der Waals surface area contributed by atoms with Crippen LogP contribution in [0.4, 0.5) is 0 Å². The fourth-order valence-electron chi connectivity index (χ4n) is 3.75. The minimum absolute atomic E-state index is 0.747. The molecule has 2 heterocycles. The van der Waals surface area contributed by atoms with Crippen molar-refractivity contribution in [2.24, 2.45) is 0 Å². The summed E-state index contributed by atoms with van der Waals surface area (Å²) in [5, 5.41) is 0. The van der Waals surface area contributed by atoms with Gasteiger partial charge in [-0.3, -0.25) is 9.80 Å². The van der Waals surface area contributed by atoms with Gasteiger partial charge in [0.15, 0.2) is 0 Å². The lowest BCUT2D eigenvalue weighted by molar-refractivity contribution is 0.0925. The third-order valence-corrected chi connectivity index (χ3v) is 5.12. The lowest BCUT2D eigenvalue weighted by Gasteiger charge is -2.41. The highest BCUT2D eigenvalue weighted by Crippen LogP contribution is 2.24. The zero-order valence-corrected chi connectivity index (χ0v) is 13.5. The van der Waals surface area contributed by atoms with E-state index in [9.17, 15) is 0 Å². The van der Waals surface area contributed by atoms with Gasteiger partial charge in [-0.05, 0) is 50.8 Å². The quantitative estimate of drug-likeness (QED) is 0.784. The van der Waals surface area contributed by atoms with Crippen LogP contribution in [0.25, 0.3) is 0 Å². The largest absolute Gasteiger partial charge is 0.298 e. The van der Waals surface area contributed by atoms with Gasteiger partial charge < -0.3 is 0 Å². The molecule has 1 atom stereocenters. The Kier molecular flexibility index (Phi) is 4.77. The molecule has 2 aliphatic heterocycles. The van der Waals surface area contributed by atoms with Gasteiger partial charge in [0.1, 0.15) is 0 Å². The van der Waals surface area contributed by atoms with Crippen LogP contribution < -0.4 is 0 Å². The van der Waals surface area contributed by atoms with Gasteiger partial charge in [-0.25, -0.2) is 0 Å². The molecule has 0 aliphatic carbocycles. The first-order valence-electron chi connectivity index (χ1n) is 8.41. The normalized spacial score (nSPS) is 24.9. The Morgan fingerprint density at radius 1 is 1.24 bits per heavy atom. The number of piperidine rings is 1. The first-order chi connectivity index (χ1) is 10.3. The SMILES string of the molecule is C/C=C(\C)CN1CCC[C@H](N2CCc3ccccc3C2)C1. The van der Waals surface area contributed by atoms with Crippen LogP contribution >= 0.6 is 0 Å². The summed E-state index contributed by atoms with van der Waals surface area (Å²) in [6, 6.07) is 9.72. The Bertz CT molecular complexity index is 506. The maximum Gasteiger partial charge on any atom is 0.0240 e. The molecule has 0 radical (unpaired) electrons. The number of nitrogens with zero attached hydrogens (tertiary/aromatic N) is 2. The molecular weight excluding hydrogens is 256 g/mol. The second-order valence-electron chi connectivity index (χ2n) is 6.66. The van der Waals surface area contributed by atoms with Crippen molar-refractivity contribution in [3.63, 3.8) is 0 Å². The minimum Gasteiger partial charge on any atom is -0.298 e. The summed E-state index contributed by atoms with van der Waals surface area (Å²) in [5.41, 5.74) is 4.61. The Hall–Kier alpha value is -1.12. The number of likely N-dealkylation sites (tertiary alicyclic amines) is 1. The topological polar surface area (TPSA) is 6.48 Å². The Balaban J connectivity index is 1.62. The van der Waals surface area contributed by atoms with E-state index in [1.807, 2.05) is 0 Å². The molecule has 2 heteroatoms. The number of benzene rings is 1. The van der Waals surface area contributed by atoms with Gasteiger partial charge in [-0.15, -0.1) is 0 Å². The zero-order valence-electron chi connectivity index (χ0n) is 13.5. The predicted molar refractivity (Wildman–Crippen MR) is 89.4 cm³/mol. The number of rotatable bonds is 3. The monoisotopic (exact) mass is 284 g/mol. The molecule has 0 aromatic heterocycles. The second kappa shape index (κ2) is 6.76. The van der Waals surface area contributed by atoms with Crippen molar-refractivity contribution in [3.8, 4) is 0 Å². The van der Waals surface area contributed by atoms with E-state index in [1.54, 1.807) is 11.1 Å². The number of hydrogen-bond acceptors (Lipinski definition) is 2. The van der Waals surface area contributed by atoms with Crippen molar-refractivity contribution in [2.75, 3.05) is 26.2 Å². The fraction of sp³-hybridized carbons (Fsp3) is 0.579. The van der Waals surface area contributed by atoms with Crippen LogP contribution in [0, 0.1) is 0 Å². The van der Waals surface area contributed by atoms with Gasteiger partial charge >= 0.3 is 0 Å². The van der Waals surface area contributed by atoms with E-state index in [0.717, 1.165) is 19.1 Å². The van der Waals surface area contributed by atoms with Crippen LogP contribution in [0.15, 0.2) is 35.9 Å². The molecule has 0 unspecified atom stereocenters. The zero-order chi connectivity index (χ0) is 14.7. The summed E-state index contributed by atoms with van der Waals surface area (Å²) < 4.78 is 0. The molecule has 1 fully saturated rings. The van der Waals surface area contributed by atoms with Gasteiger partial charge in [-0.2, -0.15) is 0 Å². The van der Waals surface area contributed by atoms with E-state index in [2.05, 4.69) is 54.0 Å². The Labute approximate surface area is 129 Å². The highest BCUT2D eigenvalue weighted by Gasteiger charge is 2.27. The van der Waals surface area contributed by atoms with Crippen molar-refractivity contribution < 1.29 is 0 Å². The van der Waals surface area contributed by atoms with E-state index in [-0.39, 0.29) is 0 Å². The smallest absolute Gasteiger partial charge is 0.0240 e. The van der Waals surface area contributed by atoms with Gasteiger partial charge in [0, 0.05) is 32.2 Å². The fourth-order valence-corrected chi connectivity index (χ4v) is 3.75. The molecule has 0 spiro atoms. The van der Waals surface area contributed by atoms with Gasteiger partial charge in [0.25, 0.3) is 0 Å². The molecule has 2 aliphatic rings. The van der Waals surface area contributed by atoms with Crippen molar-refractivity contribution >= 4 is 0 Å². The van der Waals surface area contributed by atoms with Crippen molar-refractivity contribution in [1.82, 2.24) is 9.80 Å². The third kappa shape index (κ3) is 3.56. The summed E-state index contributed by atoms with van der Waals surface area (Å²) in [6.07, 6.45) is 6.19. The second-order valence-corrected chi connectivity index (χ2v) is 6.66. The van der Waals surface area contributed by atoms with Crippen LogP contribution in [-0.4, -0.2) is 42.0 Å². The predicted octanol–water partition coefficient (Wildman–Crippen LogP) is 3.48. The molecule has 0 saturated carbocycles. The third-order valence-electron chi connectivity index (χ3n) is 5.12. The van der Waals surface area contributed by atoms with Crippen molar-refractivity contribution in [2.45, 2.75) is 45.7 Å². The molecular formula is C19H28N2. The summed E-state index contributed by atoms with van der Waals surface area (Å²) in [5.74, 6) is 0. The number of allylic oxidation sites excluding steroid dienone is 1. The molecule has 21 heavy (non-hydrogen) atoms. The van der Waals surface area contributed by atoms with E-state index in [1.165, 1.54) is 44.5 Å². The van der Waals surface area contributed by atoms with Crippen LogP contribution in [0.5, 0.6) is 0 Å². The van der Waals surface area contributed by atoms with Crippen LogP contribution in [0.1, 0.15) is 37.8 Å². The van der Waals surface area contributed by atoms with Crippen LogP contribution in [0.2, 0.25) is 0 Å². The molecule has 3 rings (SSSR count). The van der Waals surface area contributed by atoms with Gasteiger partial charge in [0.05, 0.1) is 0 Å². The summed E-state index contributed by atoms with van der Waals surface area (Å²) >= 11 is 0. The summed E-state index contributed by atoms with van der Waals surface area (Å²) in [7, 11) is 0. The maximum atomic E-state index is 2.72. The molecule has 1 aromatic carbocycles. The van der Waals surface area contributed by atoms with Crippen molar-refractivity contribution in [1.29, 1.82) is 0 Å². The Morgan fingerprint density at radius 2 is 2.05 bits per heavy atom. The highest BCUT2D eigenvalue weighted by molar-refractivity contribution is 5.29. The van der Waals surface area contributed by atoms with Gasteiger partial charge in [-0.1, -0.05) is 35.9 Å². The first kappa shape index (κ1) is 14.8. The van der Waals surface area contributed by atoms with Crippen molar-refractivity contribution in [3.05, 3.63) is 47.0 Å². The van der Waals surface area contributed by atoms with E-state index < -0.39 is 0 Å². The summed E-state index contributed by atoms with van der Waals surface area (Å²) in [4.78, 5) is 5.36. The van der Waals surface area contributed by atoms with Gasteiger partial charge in [0.2, 0.25) is 0 Å². The highest BCUT2D eigenvalue weighted by atomic mass is 15.2. The molecule has 114 valence electrons.